The van der Waals surface area contributed by atoms with Crippen molar-refractivity contribution in [3.05, 3.63) is 22.4 Å². The lowest BCUT2D eigenvalue weighted by atomic mass is 10.2. The van der Waals surface area contributed by atoms with Gasteiger partial charge in [-0.1, -0.05) is 0 Å². The molecule has 2 N–H and O–H groups in total. The van der Waals surface area contributed by atoms with Crippen molar-refractivity contribution in [2.75, 3.05) is 13.1 Å². The van der Waals surface area contributed by atoms with Gasteiger partial charge >= 0.3 is 0 Å². The lowest BCUT2D eigenvalue weighted by molar-refractivity contribution is 0.712. The van der Waals surface area contributed by atoms with Crippen LogP contribution in [0.5, 0.6) is 0 Å². The third-order valence-electron chi connectivity index (χ3n) is 2.19. The van der Waals surface area contributed by atoms with Crippen LogP contribution in [-0.4, -0.2) is 25.1 Å². The van der Waals surface area contributed by atoms with E-state index in [0.29, 0.717) is 6.04 Å². The fourth-order valence-electron chi connectivity index (χ4n) is 1.42. The highest BCUT2D eigenvalue weighted by molar-refractivity contribution is 7.07. The summed E-state index contributed by atoms with van der Waals surface area (Å²) in [7, 11) is 0. The summed E-state index contributed by atoms with van der Waals surface area (Å²) in [5.41, 5.74) is 1.40. The quantitative estimate of drug-likeness (QED) is 0.785. The molecule has 0 amide bonds. The maximum Gasteiger partial charge on any atom is 0.191 e. The summed E-state index contributed by atoms with van der Waals surface area (Å²) in [6, 6.07) is 2.65. The van der Waals surface area contributed by atoms with Crippen LogP contribution in [0.4, 0.5) is 0 Å². The maximum atomic E-state index is 4.33. The van der Waals surface area contributed by atoms with Crippen LogP contribution in [0.2, 0.25) is 0 Å². The molecule has 1 aromatic heterocycles. The fourth-order valence-corrected chi connectivity index (χ4v) is 2.12. The molecule has 1 unspecified atom stereocenters. The Kier molecular flexibility index (Phi) is 3.03. The standard InChI is InChI=1S/C10H15N3S/c1-8-6-12-10(13-8)11-4-2-9-3-5-14-7-9/h3,5,7-8H,2,4,6H2,1H3,(H2,11,12,13). The van der Waals surface area contributed by atoms with Crippen molar-refractivity contribution in [2.24, 2.45) is 4.99 Å². The van der Waals surface area contributed by atoms with Crippen molar-refractivity contribution < 1.29 is 0 Å². The first-order valence-corrected chi connectivity index (χ1v) is 5.85. The Morgan fingerprint density at radius 3 is 3.29 bits per heavy atom. The molecule has 1 aliphatic heterocycles. The van der Waals surface area contributed by atoms with Crippen molar-refractivity contribution in [3.8, 4) is 0 Å². The number of aliphatic imine (C=N–C) groups is 1. The molecule has 2 heterocycles. The molecule has 1 aliphatic rings. The Balaban J connectivity index is 1.69. The van der Waals surface area contributed by atoms with Crippen LogP contribution >= 0.6 is 11.3 Å². The number of guanidine groups is 1. The van der Waals surface area contributed by atoms with E-state index in [2.05, 4.69) is 39.4 Å². The van der Waals surface area contributed by atoms with E-state index in [9.17, 15) is 0 Å². The van der Waals surface area contributed by atoms with E-state index in [1.807, 2.05) is 0 Å². The molecule has 0 saturated carbocycles. The maximum absolute atomic E-state index is 4.33. The van der Waals surface area contributed by atoms with E-state index >= 15 is 0 Å². The Morgan fingerprint density at radius 1 is 1.71 bits per heavy atom. The Morgan fingerprint density at radius 2 is 2.64 bits per heavy atom. The van der Waals surface area contributed by atoms with Gasteiger partial charge in [0.05, 0.1) is 6.54 Å². The normalized spacial score (nSPS) is 20.4. The first-order chi connectivity index (χ1) is 6.84. The Bertz CT molecular complexity index is 305. The molecular weight excluding hydrogens is 194 g/mol. The van der Waals surface area contributed by atoms with Gasteiger partial charge in [-0.25, -0.2) is 0 Å². The summed E-state index contributed by atoms with van der Waals surface area (Å²) in [5.74, 6) is 0.952. The molecule has 0 aliphatic carbocycles. The van der Waals surface area contributed by atoms with Gasteiger partial charge in [0.25, 0.3) is 0 Å². The lowest BCUT2D eigenvalue weighted by Crippen LogP contribution is -2.38. The van der Waals surface area contributed by atoms with Crippen LogP contribution in [-0.2, 0) is 6.42 Å². The molecule has 0 bridgehead atoms. The third-order valence-corrected chi connectivity index (χ3v) is 2.92. The zero-order chi connectivity index (χ0) is 9.80. The zero-order valence-electron chi connectivity index (χ0n) is 8.29. The highest BCUT2D eigenvalue weighted by Gasteiger charge is 2.10. The van der Waals surface area contributed by atoms with Gasteiger partial charge in [-0.2, -0.15) is 11.3 Å². The minimum atomic E-state index is 0.485. The largest absolute Gasteiger partial charge is 0.356 e. The van der Waals surface area contributed by atoms with Gasteiger partial charge in [-0.15, -0.1) is 0 Å². The van der Waals surface area contributed by atoms with Crippen LogP contribution in [0.25, 0.3) is 0 Å². The molecule has 1 aromatic rings. The molecule has 4 heteroatoms. The van der Waals surface area contributed by atoms with Crippen LogP contribution in [0.3, 0.4) is 0 Å². The summed E-state index contributed by atoms with van der Waals surface area (Å²) < 4.78 is 0. The molecule has 76 valence electrons. The molecule has 14 heavy (non-hydrogen) atoms. The minimum absolute atomic E-state index is 0.485. The van der Waals surface area contributed by atoms with E-state index in [4.69, 9.17) is 0 Å². The fraction of sp³-hybridized carbons (Fsp3) is 0.500. The van der Waals surface area contributed by atoms with E-state index in [1.165, 1.54) is 5.56 Å². The van der Waals surface area contributed by atoms with Gasteiger partial charge in [0.2, 0.25) is 0 Å². The molecule has 0 spiro atoms. The monoisotopic (exact) mass is 209 g/mol. The topological polar surface area (TPSA) is 36.4 Å². The van der Waals surface area contributed by atoms with Gasteiger partial charge in [-0.05, 0) is 35.7 Å². The summed E-state index contributed by atoms with van der Waals surface area (Å²) in [6.07, 6.45) is 1.07. The first-order valence-electron chi connectivity index (χ1n) is 4.90. The predicted octanol–water partition coefficient (Wildman–Crippen LogP) is 1.23. The summed E-state index contributed by atoms with van der Waals surface area (Å²) in [5, 5.41) is 10.9. The van der Waals surface area contributed by atoms with Crippen molar-refractivity contribution in [1.29, 1.82) is 0 Å². The molecule has 0 fully saturated rings. The highest BCUT2D eigenvalue weighted by Crippen LogP contribution is 2.05. The average Bonchev–Trinajstić information content (AvgIpc) is 2.77. The SMILES string of the molecule is CC1CN=C(NCCc2ccsc2)N1. The second-order valence-electron chi connectivity index (χ2n) is 3.54. The summed E-state index contributed by atoms with van der Waals surface area (Å²) in [6.45, 7) is 3.98. The molecule has 0 radical (unpaired) electrons. The van der Waals surface area contributed by atoms with Gasteiger partial charge in [0.15, 0.2) is 5.96 Å². The van der Waals surface area contributed by atoms with E-state index in [1.54, 1.807) is 11.3 Å². The Labute approximate surface area is 88.3 Å². The lowest BCUT2D eigenvalue weighted by Gasteiger charge is -2.07. The van der Waals surface area contributed by atoms with Crippen molar-refractivity contribution in [1.82, 2.24) is 10.6 Å². The number of thiophene rings is 1. The van der Waals surface area contributed by atoms with Crippen LogP contribution in [0.1, 0.15) is 12.5 Å². The second kappa shape index (κ2) is 4.46. The van der Waals surface area contributed by atoms with Gasteiger partial charge < -0.3 is 10.6 Å². The van der Waals surface area contributed by atoms with Gasteiger partial charge in [0, 0.05) is 12.6 Å². The van der Waals surface area contributed by atoms with E-state index < -0.39 is 0 Å². The zero-order valence-corrected chi connectivity index (χ0v) is 9.10. The van der Waals surface area contributed by atoms with E-state index in [-0.39, 0.29) is 0 Å². The average molecular weight is 209 g/mol. The molecule has 3 nitrogen and oxygen atoms in total. The first kappa shape index (κ1) is 9.52. The second-order valence-corrected chi connectivity index (χ2v) is 4.32. The van der Waals surface area contributed by atoms with Gasteiger partial charge in [0.1, 0.15) is 0 Å². The number of nitrogens with zero attached hydrogens (tertiary/aromatic N) is 1. The number of nitrogens with one attached hydrogen (secondary N) is 2. The summed E-state index contributed by atoms with van der Waals surface area (Å²) >= 11 is 1.75. The Hall–Kier alpha value is -1.03. The van der Waals surface area contributed by atoms with Crippen molar-refractivity contribution in [3.63, 3.8) is 0 Å². The number of hydrogen-bond donors (Lipinski definition) is 2. The van der Waals surface area contributed by atoms with Gasteiger partial charge in [-0.3, -0.25) is 4.99 Å². The predicted molar refractivity (Wildman–Crippen MR) is 60.9 cm³/mol. The molecule has 0 aromatic carbocycles. The molecule has 2 rings (SSSR count). The molecule has 1 atom stereocenters. The van der Waals surface area contributed by atoms with Crippen molar-refractivity contribution >= 4 is 17.3 Å². The van der Waals surface area contributed by atoms with Crippen LogP contribution < -0.4 is 10.6 Å². The molecular formula is C10H15N3S. The third kappa shape index (κ3) is 2.48. The number of hydrogen-bond acceptors (Lipinski definition) is 4. The number of rotatable bonds is 3. The van der Waals surface area contributed by atoms with Crippen LogP contribution in [0, 0.1) is 0 Å². The van der Waals surface area contributed by atoms with Crippen molar-refractivity contribution in [2.45, 2.75) is 19.4 Å². The van der Waals surface area contributed by atoms with E-state index in [0.717, 1.165) is 25.5 Å². The summed E-state index contributed by atoms with van der Waals surface area (Å²) in [4.78, 5) is 4.33. The highest BCUT2D eigenvalue weighted by atomic mass is 32.1. The molecule has 0 saturated heterocycles. The van der Waals surface area contributed by atoms with Crippen LogP contribution in [0.15, 0.2) is 21.8 Å². The minimum Gasteiger partial charge on any atom is -0.356 e. The smallest absolute Gasteiger partial charge is 0.191 e.